The summed E-state index contributed by atoms with van der Waals surface area (Å²) < 4.78 is 5.54. The van der Waals surface area contributed by atoms with Crippen LogP contribution in [0.3, 0.4) is 0 Å². The molecule has 2 heterocycles. The van der Waals surface area contributed by atoms with Crippen LogP contribution in [0.5, 0.6) is 0 Å². The van der Waals surface area contributed by atoms with E-state index in [4.69, 9.17) is 4.52 Å². The Kier molecular flexibility index (Phi) is 6.09. The first-order valence-corrected chi connectivity index (χ1v) is 10.4. The van der Waals surface area contributed by atoms with Crippen LogP contribution in [-0.4, -0.2) is 66.0 Å². The van der Waals surface area contributed by atoms with Crippen LogP contribution in [0.4, 0.5) is 0 Å². The van der Waals surface area contributed by atoms with Crippen molar-refractivity contribution in [3.05, 3.63) is 54.1 Å². The molecule has 7 nitrogen and oxygen atoms in total. The van der Waals surface area contributed by atoms with Crippen molar-refractivity contribution in [3.8, 4) is 11.3 Å². The maximum absolute atomic E-state index is 13.1. The van der Waals surface area contributed by atoms with Crippen molar-refractivity contribution in [2.24, 2.45) is 0 Å². The third kappa shape index (κ3) is 4.36. The van der Waals surface area contributed by atoms with Crippen molar-refractivity contribution in [1.82, 2.24) is 20.3 Å². The molecule has 0 radical (unpaired) electrons. The fourth-order valence-corrected chi connectivity index (χ4v) is 3.69. The summed E-state index contributed by atoms with van der Waals surface area (Å²) in [7, 11) is 0. The minimum absolute atomic E-state index is 0.00723. The third-order valence-corrected chi connectivity index (χ3v) is 5.36. The second kappa shape index (κ2) is 9.09. The molecule has 156 valence electrons. The monoisotopic (exact) mass is 406 g/mol. The highest BCUT2D eigenvalue weighted by atomic mass is 16.5. The van der Waals surface area contributed by atoms with Gasteiger partial charge >= 0.3 is 0 Å². The first kappa shape index (κ1) is 20.1. The topological polar surface area (TPSA) is 78.7 Å². The van der Waals surface area contributed by atoms with E-state index >= 15 is 0 Å². The van der Waals surface area contributed by atoms with Crippen LogP contribution in [0.1, 0.15) is 23.7 Å². The number of amides is 2. The summed E-state index contributed by atoms with van der Waals surface area (Å²) in [4.78, 5) is 28.9. The molecule has 7 heteroatoms. The van der Waals surface area contributed by atoms with E-state index in [0.29, 0.717) is 50.6 Å². The molecule has 1 aliphatic heterocycles. The third-order valence-electron chi connectivity index (χ3n) is 5.36. The lowest BCUT2D eigenvalue weighted by Crippen LogP contribution is -2.51. The van der Waals surface area contributed by atoms with Crippen molar-refractivity contribution < 1.29 is 14.1 Å². The van der Waals surface area contributed by atoms with Gasteiger partial charge in [0.25, 0.3) is 5.91 Å². The minimum Gasteiger partial charge on any atom is -0.355 e. The molecular weight excluding hydrogens is 380 g/mol. The summed E-state index contributed by atoms with van der Waals surface area (Å²) in [5.74, 6) is 0.707. The number of rotatable bonds is 6. The van der Waals surface area contributed by atoms with Crippen LogP contribution in [0.2, 0.25) is 0 Å². The summed E-state index contributed by atoms with van der Waals surface area (Å²) in [6, 6.07) is 15.3. The van der Waals surface area contributed by atoms with Gasteiger partial charge in [-0.3, -0.25) is 14.5 Å². The molecule has 30 heavy (non-hydrogen) atoms. The molecule has 4 rings (SSSR count). The highest BCUT2D eigenvalue weighted by molar-refractivity contribution is 6.01. The van der Waals surface area contributed by atoms with Crippen molar-refractivity contribution in [2.45, 2.75) is 13.3 Å². The lowest BCUT2D eigenvalue weighted by molar-refractivity contribution is -0.122. The van der Waals surface area contributed by atoms with Gasteiger partial charge in [-0.15, -0.1) is 0 Å². The molecule has 1 fully saturated rings. The van der Waals surface area contributed by atoms with Crippen molar-refractivity contribution in [1.29, 1.82) is 0 Å². The van der Waals surface area contributed by atoms with Crippen LogP contribution in [-0.2, 0) is 4.79 Å². The van der Waals surface area contributed by atoms with Gasteiger partial charge in [0.1, 0.15) is 5.52 Å². The summed E-state index contributed by atoms with van der Waals surface area (Å²) in [6.07, 6.45) is 0.927. The van der Waals surface area contributed by atoms with E-state index in [2.05, 4.69) is 15.4 Å². The smallest absolute Gasteiger partial charge is 0.253 e. The van der Waals surface area contributed by atoms with E-state index in [1.807, 2.05) is 54.3 Å². The van der Waals surface area contributed by atoms with Gasteiger partial charge in [-0.25, -0.2) is 0 Å². The van der Waals surface area contributed by atoms with Gasteiger partial charge in [0.05, 0.1) is 11.9 Å². The molecule has 3 aromatic rings. The molecule has 1 N–H and O–H groups in total. The predicted molar refractivity (Wildman–Crippen MR) is 115 cm³/mol. The van der Waals surface area contributed by atoms with Crippen molar-refractivity contribution in [3.63, 3.8) is 0 Å². The van der Waals surface area contributed by atoms with Crippen LogP contribution in [0.25, 0.3) is 22.2 Å². The molecule has 1 saturated heterocycles. The number of fused-ring (bicyclic) bond motifs is 1. The zero-order valence-corrected chi connectivity index (χ0v) is 17.1. The van der Waals surface area contributed by atoms with E-state index in [-0.39, 0.29) is 11.8 Å². The average molecular weight is 406 g/mol. The molecule has 0 spiro atoms. The van der Waals surface area contributed by atoms with Crippen LogP contribution < -0.4 is 5.32 Å². The average Bonchev–Trinajstić information content (AvgIpc) is 3.21. The molecule has 0 saturated carbocycles. The number of carbonyl (C=O) groups is 2. The van der Waals surface area contributed by atoms with E-state index in [9.17, 15) is 9.59 Å². The lowest BCUT2D eigenvalue weighted by Gasteiger charge is -2.34. The summed E-state index contributed by atoms with van der Waals surface area (Å²) in [6.45, 7) is 5.71. The van der Waals surface area contributed by atoms with Gasteiger partial charge in [-0.1, -0.05) is 42.4 Å². The zero-order chi connectivity index (χ0) is 20.9. The van der Waals surface area contributed by atoms with E-state index in [0.717, 1.165) is 22.9 Å². The van der Waals surface area contributed by atoms with Gasteiger partial charge in [-0.05, 0) is 24.6 Å². The molecule has 2 amide bonds. The number of nitrogens with zero attached hydrogens (tertiary/aromatic N) is 3. The van der Waals surface area contributed by atoms with Crippen LogP contribution in [0.15, 0.2) is 53.1 Å². The Morgan fingerprint density at radius 2 is 1.83 bits per heavy atom. The SMILES string of the molecule is CCCNC(=O)CN1CCN(C(=O)c2ccc3noc(-c4ccccc4)c3c2)CC1. The van der Waals surface area contributed by atoms with Crippen molar-refractivity contribution in [2.75, 3.05) is 39.3 Å². The molecule has 2 aromatic carbocycles. The van der Waals surface area contributed by atoms with E-state index in [1.165, 1.54) is 0 Å². The Bertz CT molecular complexity index is 1020. The quantitative estimate of drug-likeness (QED) is 0.681. The number of aromatic nitrogens is 1. The summed E-state index contributed by atoms with van der Waals surface area (Å²) in [5, 5.41) is 7.85. The molecule has 0 bridgehead atoms. The number of carbonyl (C=O) groups excluding carboxylic acids is 2. The van der Waals surface area contributed by atoms with Crippen LogP contribution >= 0.6 is 0 Å². The van der Waals surface area contributed by atoms with Gasteiger partial charge in [0.15, 0.2) is 5.76 Å². The zero-order valence-electron chi connectivity index (χ0n) is 17.1. The second-order valence-electron chi connectivity index (χ2n) is 7.53. The van der Waals surface area contributed by atoms with Gasteiger partial charge in [0, 0.05) is 43.9 Å². The molecule has 0 aliphatic carbocycles. The first-order chi connectivity index (χ1) is 14.7. The Morgan fingerprint density at radius 1 is 1.07 bits per heavy atom. The van der Waals surface area contributed by atoms with E-state index < -0.39 is 0 Å². The number of piperazine rings is 1. The largest absolute Gasteiger partial charge is 0.355 e. The number of hydrogen-bond acceptors (Lipinski definition) is 5. The fraction of sp³-hybridized carbons (Fsp3) is 0.348. The first-order valence-electron chi connectivity index (χ1n) is 10.4. The maximum Gasteiger partial charge on any atom is 0.253 e. The Morgan fingerprint density at radius 3 is 2.57 bits per heavy atom. The van der Waals surface area contributed by atoms with Gasteiger partial charge < -0.3 is 14.7 Å². The minimum atomic E-state index is -0.00723. The van der Waals surface area contributed by atoms with Gasteiger partial charge in [0.2, 0.25) is 5.91 Å². The number of nitrogens with one attached hydrogen (secondary N) is 1. The van der Waals surface area contributed by atoms with Gasteiger partial charge in [-0.2, -0.15) is 0 Å². The highest BCUT2D eigenvalue weighted by Gasteiger charge is 2.24. The summed E-state index contributed by atoms with van der Waals surface area (Å²) >= 11 is 0. The molecule has 0 atom stereocenters. The van der Waals surface area contributed by atoms with E-state index in [1.54, 1.807) is 6.07 Å². The summed E-state index contributed by atoms with van der Waals surface area (Å²) in [5.41, 5.74) is 2.28. The Labute approximate surface area is 175 Å². The number of benzene rings is 2. The normalized spacial score (nSPS) is 14.8. The lowest BCUT2D eigenvalue weighted by atomic mass is 10.1. The Balaban J connectivity index is 1.43. The van der Waals surface area contributed by atoms with Crippen molar-refractivity contribution >= 4 is 22.7 Å². The fourth-order valence-electron chi connectivity index (χ4n) is 3.69. The highest BCUT2D eigenvalue weighted by Crippen LogP contribution is 2.29. The molecule has 0 unspecified atom stereocenters. The molecule has 1 aromatic heterocycles. The molecular formula is C23H26N4O3. The maximum atomic E-state index is 13.1. The standard InChI is InChI=1S/C23H26N4O3/c1-2-10-24-21(28)16-26-11-13-27(14-12-26)23(29)18-8-9-20-19(15-18)22(30-25-20)17-6-4-3-5-7-17/h3-9,15H,2,10-14,16H2,1H3,(H,24,28). The number of hydrogen-bond donors (Lipinski definition) is 1. The van der Waals surface area contributed by atoms with Crippen LogP contribution in [0, 0.1) is 0 Å². The second-order valence-corrected chi connectivity index (χ2v) is 7.53. The molecule has 1 aliphatic rings. The predicted octanol–water partition coefficient (Wildman–Crippen LogP) is 2.78. The Hall–Kier alpha value is -3.19.